The van der Waals surface area contributed by atoms with E-state index in [9.17, 15) is 9.59 Å². The first kappa shape index (κ1) is 18.2. The van der Waals surface area contributed by atoms with Crippen LogP contribution in [-0.2, 0) is 9.53 Å². The third-order valence-corrected chi connectivity index (χ3v) is 3.73. The molecule has 0 bridgehead atoms. The second-order valence-electron chi connectivity index (χ2n) is 5.95. The molecule has 24 heavy (non-hydrogen) atoms. The number of rotatable bonds is 9. The van der Waals surface area contributed by atoms with Crippen molar-refractivity contribution in [2.75, 3.05) is 32.1 Å². The van der Waals surface area contributed by atoms with Gasteiger partial charge in [-0.25, -0.2) is 4.79 Å². The molecule has 4 N–H and O–H groups in total. The molecule has 132 valence electrons. The van der Waals surface area contributed by atoms with Crippen LogP contribution < -0.4 is 21.3 Å². The highest BCUT2D eigenvalue weighted by Gasteiger charge is 2.23. The van der Waals surface area contributed by atoms with Crippen LogP contribution >= 0.6 is 0 Å². The van der Waals surface area contributed by atoms with Crippen molar-refractivity contribution in [3.63, 3.8) is 0 Å². The van der Waals surface area contributed by atoms with Crippen LogP contribution in [0.1, 0.15) is 31.4 Å². The second kappa shape index (κ2) is 9.24. The zero-order valence-corrected chi connectivity index (χ0v) is 14.2. The minimum Gasteiger partial charge on any atom is -0.383 e. The quantitative estimate of drug-likeness (QED) is 0.514. The number of methoxy groups -OCH3 is 1. The molecule has 1 atom stereocenters. The Balaban J connectivity index is 1.74. The summed E-state index contributed by atoms with van der Waals surface area (Å²) < 4.78 is 4.91. The maximum absolute atomic E-state index is 11.8. The van der Waals surface area contributed by atoms with E-state index in [0.29, 0.717) is 19.2 Å². The van der Waals surface area contributed by atoms with E-state index >= 15 is 0 Å². The first-order valence-electron chi connectivity index (χ1n) is 8.25. The second-order valence-corrected chi connectivity index (χ2v) is 5.95. The van der Waals surface area contributed by atoms with Crippen molar-refractivity contribution in [1.82, 2.24) is 16.0 Å². The van der Waals surface area contributed by atoms with Crippen LogP contribution in [0.3, 0.4) is 0 Å². The molecule has 0 saturated heterocycles. The molecule has 1 fully saturated rings. The Morgan fingerprint density at radius 3 is 2.58 bits per heavy atom. The molecule has 3 amide bonds. The summed E-state index contributed by atoms with van der Waals surface area (Å²) in [5.74, 6) is -0.0652. The normalized spacial score (nSPS) is 14.8. The van der Waals surface area contributed by atoms with E-state index in [1.807, 2.05) is 31.2 Å². The van der Waals surface area contributed by atoms with Crippen molar-refractivity contribution in [2.24, 2.45) is 0 Å². The van der Waals surface area contributed by atoms with Gasteiger partial charge in [-0.2, -0.15) is 0 Å². The number of ether oxygens (including phenoxy) is 1. The van der Waals surface area contributed by atoms with Crippen molar-refractivity contribution in [3.8, 4) is 0 Å². The standard InChI is InChI=1S/C17H26N4O3/c1-12(19-16(22)11-18-9-10-24-2)13-3-5-14(6-4-13)20-17(23)21-15-7-8-15/h3-6,12,15,18H,7-11H2,1-2H3,(H,19,22)(H2,20,21,23). The van der Waals surface area contributed by atoms with Gasteiger partial charge in [-0.1, -0.05) is 12.1 Å². The Labute approximate surface area is 142 Å². The maximum atomic E-state index is 11.8. The summed E-state index contributed by atoms with van der Waals surface area (Å²) in [6.45, 7) is 3.40. The van der Waals surface area contributed by atoms with Crippen LogP contribution in [0.5, 0.6) is 0 Å². The summed E-state index contributed by atoms with van der Waals surface area (Å²) >= 11 is 0. The van der Waals surface area contributed by atoms with Gasteiger partial charge in [-0.05, 0) is 37.5 Å². The minimum absolute atomic E-state index is 0.0652. The van der Waals surface area contributed by atoms with Gasteiger partial charge in [0.2, 0.25) is 5.91 Å². The summed E-state index contributed by atoms with van der Waals surface area (Å²) in [6, 6.07) is 7.52. The van der Waals surface area contributed by atoms with Crippen LogP contribution in [0.4, 0.5) is 10.5 Å². The fourth-order valence-corrected chi connectivity index (χ4v) is 2.19. The summed E-state index contributed by atoms with van der Waals surface area (Å²) in [6.07, 6.45) is 2.12. The largest absolute Gasteiger partial charge is 0.383 e. The van der Waals surface area contributed by atoms with Gasteiger partial charge >= 0.3 is 6.03 Å². The van der Waals surface area contributed by atoms with E-state index in [-0.39, 0.29) is 24.5 Å². The van der Waals surface area contributed by atoms with Crippen LogP contribution in [0.15, 0.2) is 24.3 Å². The molecule has 0 aliphatic heterocycles. The number of nitrogens with one attached hydrogen (secondary N) is 4. The van der Waals surface area contributed by atoms with E-state index in [1.165, 1.54) is 0 Å². The predicted molar refractivity (Wildman–Crippen MR) is 92.9 cm³/mol. The monoisotopic (exact) mass is 334 g/mol. The first-order valence-corrected chi connectivity index (χ1v) is 8.25. The van der Waals surface area contributed by atoms with Gasteiger partial charge in [0.05, 0.1) is 19.2 Å². The summed E-state index contributed by atoms with van der Waals surface area (Å²) in [5.41, 5.74) is 1.71. The molecule has 1 aromatic rings. The van der Waals surface area contributed by atoms with Crippen molar-refractivity contribution < 1.29 is 14.3 Å². The van der Waals surface area contributed by atoms with Crippen LogP contribution in [-0.4, -0.2) is 44.8 Å². The van der Waals surface area contributed by atoms with E-state index in [4.69, 9.17) is 4.74 Å². The Hall–Kier alpha value is -2.12. The fourth-order valence-electron chi connectivity index (χ4n) is 2.19. The molecule has 1 saturated carbocycles. The molecular formula is C17H26N4O3. The zero-order chi connectivity index (χ0) is 17.4. The highest BCUT2D eigenvalue weighted by atomic mass is 16.5. The van der Waals surface area contributed by atoms with Gasteiger partial charge in [0.25, 0.3) is 0 Å². The number of carbonyl (C=O) groups excluding carboxylic acids is 2. The molecule has 1 aliphatic carbocycles. The molecule has 0 heterocycles. The van der Waals surface area contributed by atoms with Crippen LogP contribution in [0.2, 0.25) is 0 Å². The lowest BCUT2D eigenvalue weighted by molar-refractivity contribution is -0.120. The van der Waals surface area contributed by atoms with E-state index < -0.39 is 0 Å². The summed E-state index contributed by atoms with van der Waals surface area (Å²) in [4.78, 5) is 23.5. The number of carbonyl (C=O) groups is 2. The Morgan fingerprint density at radius 2 is 1.96 bits per heavy atom. The van der Waals surface area contributed by atoms with Crippen LogP contribution in [0.25, 0.3) is 0 Å². The topological polar surface area (TPSA) is 91.5 Å². The molecule has 1 aliphatic rings. The number of anilines is 1. The molecule has 0 spiro atoms. The molecular weight excluding hydrogens is 308 g/mol. The van der Waals surface area contributed by atoms with Crippen LogP contribution in [0, 0.1) is 0 Å². The van der Waals surface area contributed by atoms with E-state index in [2.05, 4.69) is 21.3 Å². The maximum Gasteiger partial charge on any atom is 0.319 e. The molecule has 0 radical (unpaired) electrons. The van der Waals surface area contributed by atoms with Gasteiger partial charge in [0, 0.05) is 25.4 Å². The molecule has 7 heteroatoms. The highest BCUT2D eigenvalue weighted by Crippen LogP contribution is 2.19. The van der Waals surface area contributed by atoms with Gasteiger partial charge in [-0.15, -0.1) is 0 Å². The average Bonchev–Trinajstić information content (AvgIpc) is 3.36. The Morgan fingerprint density at radius 1 is 1.25 bits per heavy atom. The van der Waals surface area contributed by atoms with Crippen molar-refractivity contribution in [3.05, 3.63) is 29.8 Å². The number of hydrogen-bond donors (Lipinski definition) is 4. The lowest BCUT2D eigenvalue weighted by Crippen LogP contribution is -2.36. The Kier molecular flexibility index (Phi) is 7.02. The third kappa shape index (κ3) is 6.55. The first-order chi connectivity index (χ1) is 11.6. The van der Waals surface area contributed by atoms with Crippen molar-refractivity contribution in [1.29, 1.82) is 0 Å². The van der Waals surface area contributed by atoms with E-state index in [0.717, 1.165) is 24.1 Å². The summed E-state index contributed by atoms with van der Waals surface area (Å²) in [7, 11) is 1.62. The number of benzene rings is 1. The Bertz CT molecular complexity index is 543. The van der Waals surface area contributed by atoms with Crippen molar-refractivity contribution in [2.45, 2.75) is 31.8 Å². The highest BCUT2D eigenvalue weighted by molar-refractivity contribution is 5.89. The third-order valence-electron chi connectivity index (χ3n) is 3.73. The van der Waals surface area contributed by atoms with Crippen molar-refractivity contribution >= 4 is 17.6 Å². The smallest absolute Gasteiger partial charge is 0.319 e. The average molecular weight is 334 g/mol. The van der Waals surface area contributed by atoms with Gasteiger partial charge in [-0.3, -0.25) is 4.79 Å². The van der Waals surface area contributed by atoms with Gasteiger partial charge in [0.15, 0.2) is 0 Å². The lowest BCUT2D eigenvalue weighted by atomic mass is 10.1. The summed E-state index contributed by atoms with van der Waals surface area (Å²) in [5, 5.41) is 11.6. The molecule has 1 aromatic carbocycles. The SMILES string of the molecule is COCCNCC(=O)NC(C)c1ccc(NC(=O)NC2CC2)cc1. The number of amides is 3. The molecule has 1 unspecified atom stereocenters. The fraction of sp³-hybridized carbons (Fsp3) is 0.529. The molecule has 2 rings (SSSR count). The zero-order valence-electron chi connectivity index (χ0n) is 14.2. The lowest BCUT2D eigenvalue weighted by Gasteiger charge is -2.15. The molecule has 0 aromatic heterocycles. The van der Waals surface area contributed by atoms with E-state index in [1.54, 1.807) is 7.11 Å². The predicted octanol–water partition coefficient (Wildman–Crippen LogP) is 1.38. The van der Waals surface area contributed by atoms with Gasteiger partial charge in [0.1, 0.15) is 0 Å². The number of hydrogen-bond acceptors (Lipinski definition) is 4. The minimum atomic E-state index is -0.172. The number of urea groups is 1. The molecule has 7 nitrogen and oxygen atoms in total. The van der Waals surface area contributed by atoms with Gasteiger partial charge < -0.3 is 26.0 Å².